The number of aromatic nitrogens is 2. The Morgan fingerprint density at radius 1 is 1.13 bits per heavy atom. The molecule has 5 nitrogen and oxygen atoms in total. The van der Waals surface area contributed by atoms with E-state index in [0.717, 1.165) is 35.4 Å². The summed E-state index contributed by atoms with van der Waals surface area (Å²) < 4.78 is 3.39. The Labute approximate surface area is 191 Å². The molecule has 0 aliphatic rings. The van der Waals surface area contributed by atoms with Crippen LogP contribution in [0.1, 0.15) is 29.8 Å². The van der Waals surface area contributed by atoms with Gasteiger partial charge in [0.1, 0.15) is 0 Å². The second kappa shape index (κ2) is 11.4. The van der Waals surface area contributed by atoms with E-state index >= 15 is 0 Å². The van der Waals surface area contributed by atoms with E-state index in [2.05, 4.69) is 41.3 Å². The SMILES string of the molecule is CCN(CC)CCNC(=O)c1ccc(-n2nc(SCc3ccccc3)sc2=S)cc1. The summed E-state index contributed by atoms with van der Waals surface area (Å²) in [5.74, 6) is 0.796. The first kappa shape index (κ1) is 22.7. The van der Waals surface area contributed by atoms with Crippen LogP contribution in [0.2, 0.25) is 0 Å². The van der Waals surface area contributed by atoms with Crippen molar-refractivity contribution in [3.8, 4) is 5.69 Å². The molecule has 1 aromatic heterocycles. The summed E-state index contributed by atoms with van der Waals surface area (Å²) in [5, 5.41) is 7.63. The van der Waals surface area contributed by atoms with Crippen molar-refractivity contribution in [3.63, 3.8) is 0 Å². The maximum Gasteiger partial charge on any atom is 0.251 e. The van der Waals surface area contributed by atoms with Crippen molar-refractivity contribution in [3.05, 3.63) is 69.7 Å². The van der Waals surface area contributed by atoms with Crippen molar-refractivity contribution in [2.75, 3.05) is 26.2 Å². The molecule has 1 N–H and O–H groups in total. The summed E-state index contributed by atoms with van der Waals surface area (Å²) in [4.78, 5) is 14.6. The molecule has 1 amide bonds. The zero-order valence-corrected chi connectivity index (χ0v) is 19.7. The Bertz CT molecular complexity index is 995. The van der Waals surface area contributed by atoms with Gasteiger partial charge >= 0.3 is 0 Å². The summed E-state index contributed by atoms with van der Waals surface area (Å²) >= 11 is 8.68. The van der Waals surface area contributed by atoms with Crippen LogP contribution in [0.25, 0.3) is 5.69 Å². The molecule has 0 radical (unpaired) electrons. The van der Waals surface area contributed by atoms with Crippen LogP contribution in [0.3, 0.4) is 0 Å². The third-order valence-corrected chi connectivity index (χ3v) is 7.15. The van der Waals surface area contributed by atoms with E-state index in [1.165, 1.54) is 16.9 Å². The summed E-state index contributed by atoms with van der Waals surface area (Å²) in [7, 11) is 0. The van der Waals surface area contributed by atoms with Crippen LogP contribution in [-0.4, -0.2) is 46.8 Å². The molecule has 1 heterocycles. The van der Waals surface area contributed by atoms with Gasteiger partial charge in [0.2, 0.25) is 0 Å². The van der Waals surface area contributed by atoms with Gasteiger partial charge in [0.25, 0.3) is 5.91 Å². The molecule has 158 valence electrons. The third kappa shape index (κ3) is 6.25. The molecule has 0 saturated heterocycles. The highest BCUT2D eigenvalue weighted by Crippen LogP contribution is 2.27. The minimum absolute atomic E-state index is 0.0605. The first-order chi connectivity index (χ1) is 14.6. The monoisotopic (exact) mass is 458 g/mol. The van der Waals surface area contributed by atoms with Crippen LogP contribution in [-0.2, 0) is 5.75 Å². The van der Waals surface area contributed by atoms with Gasteiger partial charge in [-0.1, -0.05) is 67.3 Å². The van der Waals surface area contributed by atoms with Crippen molar-refractivity contribution in [1.82, 2.24) is 20.0 Å². The van der Waals surface area contributed by atoms with Crippen molar-refractivity contribution in [2.45, 2.75) is 23.9 Å². The average Bonchev–Trinajstić information content (AvgIpc) is 3.16. The van der Waals surface area contributed by atoms with Crippen LogP contribution in [0.5, 0.6) is 0 Å². The fraction of sp³-hybridized carbons (Fsp3) is 0.318. The molecule has 0 spiro atoms. The third-order valence-electron chi connectivity index (χ3n) is 4.72. The Morgan fingerprint density at radius 3 is 2.50 bits per heavy atom. The predicted molar refractivity (Wildman–Crippen MR) is 128 cm³/mol. The Kier molecular flexibility index (Phi) is 8.62. The van der Waals surface area contributed by atoms with Crippen molar-refractivity contribution >= 4 is 41.2 Å². The topological polar surface area (TPSA) is 50.2 Å². The van der Waals surface area contributed by atoms with E-state index in [4.69, 9.17) is 12.2 Å². The number of hydrogen-bond donors (Lipinski definition) is 1. The number of amides is 1. The van der Waals surface area contributed by atoms with Gasteiger partial charge in [-0.25, -0.2) is 4.68 Å². The highest BCUT2D eigenvalue weighted by atomic mass is 32.2. The van der Waals surface area contributed by atoms with E-state index in [1.54, 1.807) is 16.4 Å². The summed E-state index contributed by atoms with van der Waals surface area (Å²) in [6.45, 7) is 7.72. The van der Waals surface area contributed by atoms with Gasteiger partial charge in [-0.05, 0) is 55.1 Å². The van der Waals surface area contributed by atoms with E-state index in [-0.39, 0.29) is 5.91 Å². The van der Waals surface area contributed by atoms with Gasteiger partial charge in [-0.3, -0.25) is 4.79 Å². The standard InChI is InChI=1S/C22H26N4OS3/c1-3-25(4-2)15-14-23-20(27)18-10-12-19(13-11-18)26-22(28)30-21(24-26)29-16-17-8-6-5-7-9-17/h5-13H,3-4,14-16H2,1-2H3,(H,23,27). The molecule has 8 heteroatoms. The number of likely N-dealkylation sites (N-methyl/N-ethyl adjacent to an activating group) is 1. The maximum atomic E-state index is 12.4. The molecule has 0 aliphatic heterocycles. The molecular weight excluding hydrogens is 432 g/mol. The highest BCUT2D eigenvalue weighted by molar-refractivity contribution is 8.00. The number of carbonyl (C=O) groups is 1. The minimum atomic E-state index is -0.0605. The lowest BCUT2D eigenvalue weighted by Gasteiger charge is -2.17. The average molecular weight is 459 g/mol. The number of carbonyl (C=O) groups excluding carboxylic acids is 1. The molecule has 0 bridgehead atoms. The summed E-state index contributed by atoms with van der Waals surface area (Å²) in [6, 6.07) is 17.7. The lowest BCUT2D eigenvalue weighted by atomic mass is 10.2. The first-order valence-corrected chi connectivity index (χ1v) is 12.2. The molecular formula is C22H26N4OS3. The second-order valence-corrected chi connectivity index (χ2v) is 9.49. The summed E-state index contributed by atoms with van der Waals surface area (Å²) in [6.07, 6.45) is 0. The van der Waals surface area contributed by atoms with Crippen molar-refractivity contribution in [1.29, 1.82) is 0 Å². The Morgan fingerprint density at radius 2 is 1.83 bits per heavy atom. The zero-order valence-electron chi connectivity index (χ0n) is 17.2. The number of hydrogen-bond acceptors (Lipinski definition) is 6. The molecule has 30 heavy (non-hydrogen) atoms. The van der Waals surface area contributed by atoms with Gasteiger partial charge in [0.15, 0.2) is 8.29 Å². The number of thioether (sulfide) groups is 1. The first-order valence-electron chi connectivity index (χ1n) is 9.98. The van der Waals surface area contributed by atoms with Crippen molar-refractivity contribution in [2.24, 2.45) is 0 Å². The predicted octanol–water partition coefficient (Wildman–Crippen LogP) is 5.03. The largest absolute Gasteiger partial charge is 0.351 e. The van der Waals surface area contributed by atoms with Crippen LogP contribution < -0.4 is 5.32 Å². The second-order valence-electron chi connectivity index (χ2n) is 6.65. The molecule has 0 fully saturated rings. The highest BCUT2D eigenvalue weighted by Gasteiger charge is 2.10. The molecule has 0 unspecified atom stereocenters. The molecule has 0 saturated carbocycles. The van der Waals surface area contributed by atoms with E-state index < -0.39 is 0 Å². The fourth-order valence-electron chi connectivity index (χ4n) is 2.93. The normalized spacial score (nSPS) is 11.0. The smallest absolute Gasteiger partial charge is 0.251 e. The van der Waals surface area contributed by atoms with Gasteiger partial charge in [0, 0.05) is 24.4 Å². The van der Waals surface area contributed by atoms with Gasteiger partial charge in [-0.2, -0.15) is 0 Å². The Balaban J connectivity index is 1.60. The van der Waals surface area contributed by atoms with Crippen LogP contribution in [0, 0.1) is 3.95 Å². The minimum Gasteiger partial charge on any atom is -0.351 e. The molecule has 0 atom stereocenters. The molecule has 0 aliphatic carbocycles. The molecule has 2 aromatic carbocycles. The number of nitrogens with one attached hydrogen (secondary N) is 1. The fourth-order valence-corrected chi connectivity index (χ4v) is 5.24. The number of nitrogens with zero attached hydrogens (tertiary/aromatic N) is 3. The van der Waals surface area contributed by atoms with Crippen molar-refractivity contribution < 1.29 is 4.79 Å². The van der Waals surface area contributed by atoms with Crippen LogP contribution >= 0.6 is 35.3 Å². The molecule has 3 rings (SSSR count). The van der Waals surface area contributed by atoms with Gasteiger partial charge < -0.3 is 10.2 Å². The number of rotatable bonds is 10. The van der Waals surface area contributed by atoms with Gasteiger partial charge in [0.05, 0.1) is 5.69 Å². The van der Waals surface area contributed by atoms with E-state index in [9.17, 15) is 4.79 Å². The quantitative estimate of drug-likeness (QED) is 0.341. The molecule has 3 aromatic rings. The van der Waals surface area contributed by atoms with E-state index in [0.29, 0.717) is 16.1 Å². The maximum absolute atomic E-state index is 12.4. The Hall–Kier alpha value is -2.00. The van der Waals surface area contributed by atoms with Crippen LogP contribution in [0.15, 0.2) is 58.9 Å². The lowest BCUT2D eigenvalue weighted by Crippen LogP contribution is -2.34. The summed E-state index contributed by atoms with van der Waals surface area (Å²) in [5.41, 5.74) is 2.76. The zero-order chi connectivity index (χ0) is 21.3. The lowest BCUT2D eigenvalue weighted by molar-refractivity contribution is 0.0949. The number of benzene rings is 2. The van der Waals surface area contributed by atoms with E-state index in [1.807, 2.05) is 42.5 Å². The van der Waals surface area contributed by atoms with Crippen LogP contribution in [0.4, 0.5) is 0 Å². The van der Waals surface area contributed by atoms with Gasteiger partial charge in [-0.15, -0.1) is 5.10 Å².